The maximum absolute atomic E-state index is 14.4. The first kappa shape index (κ1) is 25.2. The van der Waals surface area contributed by atoms with Gasteiger partial charge in [-0.2, -0.15) is 18.4 Å². The summed E-state index contributed by atoms with van der Waals surface area (Å²) in [4.78, 5) is 26.0. The van der Waals surface area contributed by atoms with Crippen molar-refractivity contribution < 1.29 is 41.0 Å². The molecule has 1 aliphatic rings. The molecule has 2 aromatic rings. The van der Waals surface area contributed by atoms with Crippen LogP contribution in [0.4, 0.5) is 27.6 Å². The number of hydrogen-bond acceptors (Lipinski definition) is 7. The van der Waals surface area contributed by atoms with E-state index in [1.165, 1.54) is 12.1 Å². The van der Waals surface area contributed by atoms with Gasteiger partial charge in [0.25, 0.3) is 0 Å². The third-order valence-corrected chi connectivity index (χ3v) is 5.17. The summed E-state index contributed by atoms with van der Waals surface area (Å²) in [5.74, 6) is -8.17. The number of carbonyl (C=O) groups excluding carboxylic acids is 2. The summed E-state index contributed by atoms with van der Waals surface area (Å²) in [6.07, 6.45) is -5.39. The van der Waals surface area contributed by atoms with E-state index in [1.54, 1.807) is 24.3 Å². The predicted molar refractivity (Wildman–Crippen MR) is 111 cm³/mol. The van der Waals surface area contributed by atoms with Crippen LogP contribution in [0.2, 0.25) is 0 Å². The molecule has 0 aromatic heterocycles. The molecular formula is C23H16F5N3O4. The van der Waals surface area contributed by atoms with E-state index in [9.17, 15) is 36.8 Å². The highest BCUT2D eigenvalue weighted by atomic mass is 19.4. The molecule has 0 saturated carbocycles. The number of alkyl halides is 3. The Morgan fingerprint density at radius 3 is 2.17 bits per heavy atom. The molecule has 0 fully saturated rings. The van der Waals surface area contributed by atoms with Gasteiger partial charge in [-0.3, -0.25) is 4.90 Å². The third-order valence-electron chi connectivity index (χ3n) is 5.17. The normalized spacial score (nSPS) is 16.2. The number of anilines is 1. The number of esters is 2. The Labute approximate surface area is 195 Å². The van der Waals surface area contributed by atoms with E-state index >= 15 is 0 Å². The molecular weight excluding hydrogens is 477 g/mol. The van der Waals surface area contributed by atoms with Gasteiger partial charge in [-0.05, 0) is 11.6 Å². The lowest BCUT2D eigenvalue weighted by Crippen LogP contribution is -2.41. The molecule has 0 radical (unpaired) electrons. The zero-order chi connectivity index (χ0) is 26.1. The van der Waals surface area contributed by atoms with E-state index in [1.807, 2.05) is 0 Å². The minimum atomic E-state index is -5.39. The topological polar surface area (TPSA) is 106 Å². The van der Waals surface area contributed by atoms with Crippen LogP contribution in [-0.2, 0) is 25.2 Å². The number of benzene rings is 2. The average molecular weight is 493 g/mol. The zero-order valence-electron chi connectivity index (χ0n) is 18.1. The molecule has 7 nitrogen and oxygen atoms in total. The van der Waals surface area contributed by atoms with Crippen LogP contribution in [0.3, 0.4) is 0 Å². The molecule has 2 aromatic carbocycles. The summed E-state index contributed by atoms with van der Waals surface area (Å²) in [5.41, 5.74) is 1.09. The number of nitriles is 1. The van der Waals surface area contributed by atoms with Gasteiger partial charge in [0.05, 0.1) is 43.0 Å². The maximum atomic E-state index is 14.4. The first-order valence-corrected chi connectivity index (χ1v) is 9.69. The van der Waals surface area contributed by atoms with Gasteiger partial charge < -0.3 is 15.2 Å². The number of rotatable bonds is 4. The molecule has 3 rings (SSSR count). The zero-order valence-corrected chi connectivity index (χ0v) is 18.1. The first-order chi connectivity index (χ1) is 16.5. The van der Waals surface area contributed by atoms with Crippen LogP contribution in [0.25, 0.3) is 0 Å². The van der Waals surface area contributed by atoms with Crippen molar-refractivity contribution in [3.05, 3.63) is 87.9 Å². The Morgan fingerprint density at radius 2 is 1.66 bits per heavy atom. The Hall–Kier alpha value is -4.40. The lowest BCUT2D eigenvalue weighted by molar-refractivity contribution is -0.140. The number of halogens is 5. The molecule has 1 aliphatic heterocycles. The largest absolute Gasteiger partial charge is 0.466 e. The smallest absolute Gasteiger partial charge is 0.421 e. The number of carbonyl (C=O) groups is 2. The van der Waals surface area contributed by atoms with Crippen molar-refractivity contribution >= 4 is 17.6 Å². The van der Waals surface area contributed by atoms with E-state index in [-0.39, 0.29) is 22.6 Å². The van der Waals surface area contributed by atoms with Crippen LogP contribution < -0.4 is 10.6 Å². The summed E-state index contributed by atoms with van der Waals surface area (Å²) in [6, 6.07) is 9.66. The molecule has 182 valence electrons. The maximum Gasteiger partial charge on any atom is 0.421 e. The summed E-state index contributed by atoms with van der Waals surface area (Å²) in [5, 5.41) is 9.87. The number of hydrogen-bond donors (Lipinski definition) is 1. The number of methoxy groups -OCH3 is 2. The van der Waals surface area contributed by atoms with Crippen molar-refractivity contribution in [1.29, 1.82) is 5.26 Å². The molecule has 2 N–H and O–H groups in total. The quantitative estimate of drug-likeness (QED) is 0.509. The summed E-state index contributed by atoms with van der Waals surface area (Å²) >= 11 is 0. The van der Waals surface area contributed by atoms with E-state index in [0.29, 0.717) is 0 Å². The van der Waals surface area contributed by atoms with E-state index in [4.69, 9.17) is 10.5 Å². The monoisotopic (exact) mass is 493 g/mol. The highest BCUT2D eigenvalue weighted by Crippen LogP contribution is 2.47. The summed E-state index contributed by atoms with van der Waals surface area (Å²) in [7, 11) is 1.81. The summed E-state index contributed by atoms with van der Waals surface area (Å²) < 4.78 is 79.5. The van der Waals surface area contributed by atoms with Gasteiger partial charge in [0, 0.05) is 6.07 Å². The second-order valence-corrected chi connectivity index (χ2v) is 7.11. The van der Waals surface area contributed by atoms with Crippen LogP contribution in [0.5, 0.6) is 0 Å². The van der Waals surface area contributed by atoms with Crippen LogP contribution in [0.1, 0.15) is 17.0 Å². The van der Waals surface area contributed by atoms with Gasteiger partial charge in [0.2, 0.25) is 0 Å². The van der Waals surface area contributed by atoms with Crippen molar-refractivity contribution in [1.82, 2.24) is 0 Å². The van der Waals surface area contributed by atoms with Gasteiger partial charge in [-0.1, -0.05) is 30.3 Å². The molecule has 0 aliphatic carbocycles. The van der Waals surface area contributed by atoms with Crippen molar-refractivity contribution in [2.45, 2.75) is 12.1 Å². The average Bonchev–Trinajstić information content (AvgIpc) is 2.81. The lowest BCUT2D eigenvalue weighted by atomic mass is 9.80. The van der Waals surface area contributed by atoms with Crippen molar-refractivity contribution in [3.63, 3.8) is 0 Å². The van der Waals surface area contributed by atoms with Gasteiger partial charge in [0.15, 0.2) is 0 Å². The Morgan fingerprint density at radius 1 is 1.06 bits per heavy atom. The fraction of sp³-hybridized carbons (Fsp3) is 0.174. The Bertz CT molecular complexity index is 1300. The molecule has 0 spiro atoms. The lowest BCUT2D eigenvalue weighted by Gasteiger charge is -2.36. The SMILES string of the molecule is COC(=O)C1=C(C(=O)OC)N(c2cc(F)cc(F)c2C(F)(F)F)C(N)=C(C#N)C1c1ccccc1. The van der Waals surface area contributed by atoms with Crippen LogP contribution in [0, 0.1) is 23.0 Å². The van der Waals surface area contributed by atoms with E-state index < -0.39 is 69.6 Å². The van der Waals surface area contributed by atoms with Gasteiger partial charge in [0.1, 0.15) is 28.7 Å². The number of allylic oxidation sites excluding steroid dienone is 1. The molecule has 1 unspecified atom stereocenters. The van der Waals surface area contributed by atoms with Gasteiger partial charge in [-0.25, -0.2) is 18.4 Å². The fourth-order valence-corrected chi connectivity index (χ4v) is 3.78. The number of ether oxygens (including phenoxy) is 2. The standard InChI is InChI=1S/C23H16F5N3O4/c1-34-21(32)17-16(11-6-4-3-5-7-11)13(10-29)20(30)31(19(17)22(33)35-2)15-9-12(24)8-14(25)18(15)23(26,27)28/h3-9,16H,30H2,1-2H3. The van der Waals surface area contributed by atoms with Crippen molar-refractivity contribution in [2.75, 3.05) is 19.1 Å². The highest BCUT2D eigenvalue weighted by molar-refractivity contribution is 6.06. The molecule has 12 heteroatoms. The Balaban J connectivity index is 2.54. The molecule has 0 bridgehead atoms. The molecule has 1 heterocycles. The number of nitrogens with zero attached hydrogens (tertiary/aromatic N) is 2. The molecule has 0 amide bonds. The summed E-state index contributed by atoms with van der Waals surface area (Å²) in [6.45, 7) is 0. The van der Waals surface area contributed by atoms with Crippen molar-refractivity contribution in [2.24, 2.45) is 5.73 Å². The second-order valence-electron chi connectivity index (χ2n) is 7.11. The van der Waals surface area contributed by atoms with Gasteiger partial charge in [-0.15, -0.1) is 0 Å². The predicted octanol–water partition coefficient (Wildman–Crippen LogP) is 3.88. The van der Waals surface area contributed by atoms with Crippen molar-refractivity contribution in [3.8, 4) is 6.07 Å². The molecule has 35 heavy (non-hydrogen) atoms. The van der Waals surface area contributed by atoms with E-state index in [0.717, 1.165) is 14.2 Å². The first-order valence-electron chi connectivity index (χ1n) is 9.69. The second kappa shape index (κ2) is 9.46. The van der Waals surface area contributed by atoms with Crippen LogP contribution in [-0.4, -0.2) is 26.2 Å². The number of nitrogens with two attached hydrogens (primary N) is 1. The van der Waals surface area contributed by atoms with Gasteiger partial charge >= 0.3 is 18.1 Å². The third kappa shape index (κ3) is 4.40. The minimum absolute atomic E-state index is 0.00308. The molecule has 0 saturated heterocycles. The Kier molecular flexibility index (Phi) is 6.82. The van der Waals surface area contributed by atoms with E-state index in [2.05, 4.69) is 4.74 Å². The minimum Gasteiger partial charge on any atom is -0.466 e. The van der Waals surface area contributed by atoms with Crippen LogP contribution in [0.15, 0.2) is 65.1 Å². The van der Waals surface area contributed by atoms with Crippen LogP contribution >= 0.6 is 0 Å². The fourth-order valence-electron chi connectivity index (χ4n) is 3.78. The molecule has 1 atom stereocenters. The highest BCUT2D eigenvalue weighted by Gasteiger charge is 2.46.